The number of amides is 2. The first-order chi connectivity index (χ1) is 9.21. The summed E-state index contributed by atoms with van der Waals surface area (Å²) in [6.07, 6.45) is 0. The molecule has 0 bridgehead atoms. The van der Waals surface area contributed by atoms with Gasteiger partial charge in [0.15, 0.2) is 11.6 Å². The van der Waals surface area contributed by atoms with Crippen molar-refractivity contribution in [2.75, 3.05) is 18.8 Å². The maximum Gasteiger partial charge on any atom is 0.247 e. The molecule has 1 aliphatic rings. The molecule has 0 radical (unpaired) electrons. The van der Waals surface area contributed by atoms with Crippen LogP contribution >= 0.6 is 0 Å². The lowest BCUT2D eigenvalue weighted by atomic mass is 10.3. The summed E-state index contributed by atoms with van der Waals surface area (Å²) in [5, 5.41) is 1.89. The molecular weight excluding hydrogens is 296 g/mol. The lowest BCUT2D eigenvalue weighted by Gasteiger charge is -2.25. The van der Waals surface area contributed by atoms with E-state index in [0.717, 1.165) is 6.07 Å². The SMILES string of the molecule is Nc1cc(F)c(F)c(S(=O)(=O)N2CC(=O)NC(=O)C2)c1. The van der Waals surface area contributed by atoms with Crippen LogP contribution in [0.4, 0.5) is 14.5 Å². The quantitative estimate of drug-likeness (QED) is 0.549. The average Bonchev–Trinajstić information content (AvgIpc) is 2.32. The first kappa shape index (κ1) is 14.3. The molecule has 7 nitrogen and oxygen atoms in total. The molecule has 0 aliphatic carbocycles. The van der Waals surface area contributed by atoms with E-state index in [0.29, 0.717) is 10.4 Å². The number of benzene rings is 1. The molecular formula is C10H9F2N3O4S. The van der Waals surface area contributed by atoms with Gasteiger partial charge in [0.05, 0.1) is 13.1 Å². The summed E-state index contributed by atoms with van der Waals surface area (Å²) in [5.74, 6) is -4.75. The van der Waals surface area contributed by atoms with Gasteiger partial charge < -0.3 is 5.73 Å². The van der Waals surface area contributed by atoms with Gasteiger partial charge in [-0.2, -0.15) is 4.31 Å². The molecule has 0 spiro atoms. The number of imide groups is 1. The maximum atomic E-state index is 13.6. The Balaban J connectivity index is 2.50. The first-order valence-electron chi connectivity index (χ1n) is 5.29. The number of sulfonamides is 1. The van der Waals surface area contributed by atoms with E-state index in [2.05, 4.69) is 0 Å². The van der Waals surface area contributed by atoms with Crippen molar-refractivity contribution in [2.45, 2.75) is 4.90 Å². The van der Waals surface area contributed by atoms with E-state index < -0.39 is 51.5 Å². The van der Waals surface area contributed by atoms with Gasteiger partial charge in [-0.05, 0) is 12.1 Å². The van der Waals surface area contributed by atoms with Crippen LogP contribution in [-0.2, 0) is 19.6 Å². The number of carbonyl (C=O) groups excluding carboxylic acids is 2. The van der Waals surface area contributed by atoms with E-state index in [1.807, 2.05) is 5.32 Å². The Morgan fingerprint density at radius 1 is 1.15 bits per heavy atom. The molecule has 1 heterocycles. The van der Waals surface area contributed by atoms with Crippen LogP contribution in [0.2, 0.25) is 0 Å². The van der Waals surface area contributed by atoms with Gasteiger partial charge in [0.25, 0.3) is 0 Å². The van der Waals surface area contributed by atoms with Crippen molar-refractivity contribution in [1.29, 1.82) is 0 Å². The topological polar surface area (TPSA) is 110 Å². The van der Waals surface area contributed by atoms with E-state index in [4.69, 9.17) is 5.73 Å². The normalized spacial score (nSPS) is 17.1. The number of hydrogen-bond donors (Lipinski definition) is 2. The van der Waals surface area contributed by atoms with Gasteiger partial charge in [-0.3, -0.25) is 14.9 Å². The zero-order valence-electron chi connectivity index (χ0n) is 9.89. The summed E-state index contributed by atoms with van der Waals surface area (Å²) in [6, 6.07) is 1.35. The van der Waals surface area contributed by atoms with Gasteiger partial charge in [0, 0.05) is 5.69 Å². The van der Waals surface area contributed by atoms with Crippen LogP contribution in [0.3, 0.4) is 0 Å². The number of piperazine rings is 1. The molecule has 0 aromatic heterocycles. The second kappa shape index (κ2) is 4.80. The molecule has 10 heteroatoms. The van der Waals surface area contributed by atoms with E-state index in [9.17, 15) is 26.8 Å². The minimum Gasteiger partial charge on any atom is -0.399 e. The van der Waals surface area contributed by atoms with Gasteiger partial charge in [-0.25, -0.2) is 17.2 Å². The van der Waals surface area contributed by atoms with Crippen LogP contribution in [0, 0.1) is 11.6 Å². The Morgan fingerprint density at radius 2 is 1.70 bits per heavy atom. The van der Waals surface area contributed by atoms with Crippen LogP contribution in [0.15, 0.2) is 17.0 Å². The van der Waals surface area contributed by atoms with Gasteiger partial charge in [0.2, 0.25) is 21.8 Å². The zero-order chi connectivity index (χ0) is 15.1. The molecule has 1 saturated heterocycles. The highest BCUT2D eigenvalue weighted by atomic mass is 32.2. The van der Waals surface area contributed by atoms with E-state index in [1.165, 1.54) is 0 Å². The summed E-state index contributed by atoms with van der Waals surface area (Å²) in [4.78, 5) is 21.3. The highest BCUT2D eigenvalue weighted by Gasteiger charge is 2.35. The van der Waals surface area contributed by atoms with Gasteiger partial charge >= 0.3 is 0 Å². The lowest BCUT2D eigenvalue weighted by Crippen LogP contribution is -2.53. The molecule has 108 valence electrons. The monoisotopic (exact) mass is 305 g/mol. The third kappa shape index (κ3) is 2.47. The van der Waals surface area contributed by atoms with Crippen molar-refractivity contribution < 1.29 is 26.8 Å². The molecule has 1 aromatic carbocycles. The number of rotatable bonds is 2. The van der Waals surface area contributed by atoms with Crippen LogP contribution in [0.25, 0.3) is 0 Å². The highest BCUT2D eigenvalue weighted by molar-refractivity contribution is 7.89. The smallest absolute Gasteiger partial charge is 0.247 e. The Morgan fingerprint density at radius 3 is 2.25 bits per heavy atom. The average molecular weight is 305 g/mol. The summed E-state index contributed by atoms with van der Waals surface area (Å²) >= 11 is 0. The Hall–Kier alpha value is -2.07. The van der Waals surface area contributed by atoms with Crippen LogP contribution in [-0.4, -0.2) is 37.6 Å². The molecule has 0 unspecified atom stereocenters. The Kier molecular flexibility index (Phi) is 3.44. The summed E-state index contributed by atoms with van der Waals surface area (Å²) in [5.41, 5.74) is 4.98. The second-order valence-electron chi connectivity index (χ2n) is 4.06. The van der Waals surface area contributed by atoms with Crippen molar-refractivity contribution in [1.82, 2.24) is 9.62 Å². The fourth-order valence-electron chi connectivity index (χ4n) is 1.69. The zero-order valence-corrected chi connectivity index (χ0v) is 10.7. The van der Waals surface area contributed by atoms with Crippen molar-refractivity contribution >= 4 is 27.5 Å². The fourth-order valence-corrected chi connectivity index (χ4v) is 3.15. The molecule has 2 rings (SSSR count). The van der Waals surface area contributed by atoms with Crippen molar-refractivity contribution in [3.8, 4) is 0 Å². The van der Waals surface area contributed by atoms with Crippen molar-refractivity contribution in [2.24, 2.45) is 0 Å². The molecule has 0 atom stereocenters. The number of carbonyl (C=O) groups is 2. The molecule has 1 fully saturated rings. The molecule has 0 saturated carbocycles. The van der Waals surface area contributed by atoms with Crippen molar-refractivity contribution in [3.63, 3.8) is 0 Å². The number of nitrogens with two attached hydrogens (primary N) is 1. The summed E-state index contributed by atoms with van der Waals surface area (Å²) < 4.78 is 51.5. The predicted octanol–water partition coefficient (Wildman–Crippen LogP) is -0.806. The Labute approximate surface area is 112 Å². The number of hydrogen-bond acceptors (Lipinski definition) is 5. The highest BCUT2D eigenvalue weighted by Crippen LogP contribution is 2.24. The maximum absolute atomic E-state index is 13.6. The van der Waals surface area contributed by atoms with Crippen molar-refractivity contribution in [3.05, 3.63) is 23.8 Å². The molecule has 1 aromatic rings. The number of nitrogen functional groups attached to an aromatic ring is 1. The standard InChI is InChI=1S/C10H9F2N3O4S/c11-6-1-5(13)2-7(10(6)12)20(18,19)15-3-8(16)14-9(17)4-15/h1-2H,3-4,13H2,(H,14,16,17). The summed E-state index contributed by atoms with van der Waals surface area (Å²) in [7, 11) is -4.55. The third-order valence-electron chi connectivity index (χ3n) is 2.55. The Bertz CT molecular complexity index is 689. The number of nitrogens with zero attached hydrogens (tertiary/aromatic N) is 1. The van der Waals surface area contributed by atoms with E-state index >= 15 is 0 Å². The van der Waals surface area contributed by atoms with E-state index in [1.54, 1.807) is 0 Å². The number of anilines is 1. The van der Waals surface area contributed by atoms with Crippen LogP contribution in [0.5, 0.6) is 0 Å². The number of nitrogens with one attached hydrogen (secondary N) is 1. The second-order valence-corrected chi connectivity index (χ2v) is 5.97. The summed E-state index contributed by atoms with van der Waals surface area (Å²) in [6.45, 7) is -1.33. The van der Waals surface area contributed by atoms with Gasteiger partial charge in [0.1, 0.15) is 4.90 Å². The van der Waals surface area contributed by atoms with Gasteiger partial charge in [-0.1, -0.05) is 0 Å². The minimum atomic E-state index is -4.55. The molecule has 3 N–H and O–H groups in total. The minimum absolute atomic E-state index is 0.296. The number of halogens is 2. The third-order valence-corrected chi connectivity index (χ3v) is 4.34. The van der Waals surface area contributed by atoms with Gasteiger partial charge in [-0.15, -0.1) is 0 Å². The molecule has 2 amide bonds. The molecule has 20 heavy (non-hydrogen) atoms. The largest absolute Gasteiger partial charge is 0.399 e. The lowest BCUT2D eigenvalue weighted by molar-refractivity contribution is -0.134. The van der Waals surface area contributed by atoms with Crippen LogP contribution < -0.4 is 11.1 Å². The predicted molar refractivity (Wildman–Crippen MR) is 62.7 cm³/mol. The molecule has 1 aliphatic heterocycles. The fraction of sp³-hybridized carbons (Fsp3) is 0.200. The van der Waals surface area contributed by atoms with E-state index in [-0.39, 0.29) is 5.69 Å². The first-order valence-corrected chi connectivity index (χ1v) is 6.73. The van der Waals surface area contributed by atoms with Crippen LogP contribution in [0.1, 0.15) is 0 Å².